The summed E-state index contributed by atoms with van der Waals surface area (Å²) in [5, 5.41) is 3.10. The highest BCUT2D eigenvalue weighted by Crippen LogP contribution is 2.27. The molecule has 0 aromatic heterocycles. The van der Waals surface area contributed by atoms with E-state index in [4.69, 9.17) is 4.74 Å². The van der Waals surface area contributed by atoms with Gasteiger partial charge in [0.1, 0.15) is 5.82 Å². The number of ether oxygens (including phenoxy) is 1. The number of benzene rings is 1. The van der Waals surface area contributed by atoms with Crippen LogP contribution in [0, 0.1) is 11.7 Å². The van der Waals surface area contributed by atoms with Crippen molar-refractivity contribution in [3.8, 4) is 0 Å². The third-order valence-corrected chi connectivity index (χ3v) is 5.18. The fourth-order valence-electron chi connectivity index (χ4n) is 3.79. The van der Waals surface area contributed by atoms with Gasteiger partial charge in [-0.2, -0.15) is 0 Å². The summed E-state index contributed by atoms with van der Waals surface area (Å²) in [5.74, 6) is 0.463. The minimum atomic E-state index is -0.232. The molecular weight excluding hydrogens is 307 g/mol. The summed E-state index contributed by atoms with van der Waals surface area (Å²) >= 11 is 0. The third-order valence-electron chi connectivity index (χ3n) is 5.18. The van der Waals surface area contributed by atoms with Crippen LogP contribution in [0.15, 0.2) is 24.3 Å². The van der Waals surface area contributed by atoms with Crippen LogP contribution in [0.4, 0.5) is 4.39 Å². The fourth-order valence-corrected chi connectivity index (χ4v) is 3.79. The van der Waals surface area contributed by atoms with Crippen LogP contribution in [0.1, 0.15) is 43.7 Å². The van der Waals surface area contributed by atoms with Gasteiger partial charge in [-0.25, -0.2) is 4.39 Å². The van der Waals surface area contributed by atoms with Gasteiger partial charge >= 0.3 is 0 Å². The fraction of sp³-hybridized carbons (Fsp3) is 0.632. The molecule has 0 radical (unpaired) electrons. The Morgan fingerprint density at radius 2 is 1.88 bits per heavy atom. The molecule has 1 aliphatic carbocycles. The van der Waals surface area contributed by atoms with E-state index < -0.39 is 0 Å². The van der Waals surface area contributed by atoms with E-state index in [-0.39, 0.29) is 17.8 Å². The number of nitrogens with zero attached hydrogens (tertiary/aromatic N) is 1. The van der Waals surface area contributed by atoms with E-state index >= 15 is 0 Å². The number of carbonyl (C=O) groups is 1. The largest absolute Gasteiger partial charge is 0.379 e. The van der Waals surface area contributed by atoms with E-state index in [1.165, 1.54) is 37.8 Å². The van der Waals surface area contributed by atoms with Crippen molar-refractivity contribution in [2.75, 3.05) is 32.8 Å². The number of morpholine rings is 1. The second-order valence-corrected chi connectivity index (χ2v) is 6.87. The Bertz CT molecular complexity index is 523. The summed E-state index contributed by atoms with van der Waals surface area (Å²) in [7, 11) is 0. The van der Waals surface area contributed by atoms with Gasteiger partial charge in [-0.15, -0.1) is 0 Å². The first kappa shape index (κ1) is 17.4. The molecule has 1 atom stereocenters. The maximum absolute atomic E-state index is 13.2. The molecule has 0 unspecified atom stereocenters. The Labute approximate surface area is 143 Å². The monoisotopic (exact) mass is 334 g/mol. The molecule has 1 N–H and O–H groups in total. The predicted molar refractivity (Wildman–Crippen MR) is 91.1 cm³/mol. The minimum Gasteiger partial charge on any atom is -0.379 e. The maximum atomic E-state index is 13.2. The van der Waals surface area contributed by atoms with Crippen molar-refractivity contribution in [2.45, 2.75) is 38.1 Å². The van der Waals surface area contributed by atoms with Crippen molar-refractivity contribution in [2.24, 2.45) is 5.92 Å². The number of amides is 1. The number of hydrogen-bond acceptors (Lipinski definition) is 3. The molecule has 4 nitrogen and oxygen atoms in total. The zero-order valence-corrected chi connectivity index (χ0v) is 14.2. The van der Waals surface area contributed by atoms with E-state index in [1.807, 2.05) is 12.1 Å². The van der Waals surface area contributed by atoms with Crippen LogP contribution in [0.2, 0.25) is 0 Å². The van der Waals surface area contributed by atoms with Crippen LogP contribution >= 0.6 is 0 Å². The molecule has 1 heterocycles. The van der Waals surface area contributed by atoms with Gasteiger partial charge < -0.3 is 10.1 Å². The highest BCUT2D eigenvalue weighted by atomic mass is 19.1. The topological polar surface area (TPSA) is 41.6 Å². The average Bonchev–Trinajstić information content (AvgIpc) is 3.10. The van der Waals surface area contributed by atoms with Crippen molar-refractivity contribution in [3.05, 3.63) is 35.6 Å². The molecule has 2 fully saturated rings. The summed E-state index contributed by atoms with van der Waals surface area (Å²) in [6.45, 7) is 3.64. The van der Waals surface area contributed by atoms with Crippen LogP contribution < -0.4 is 5.32 Å². The Balaban J connectivity index is 1.60. The zero-order valence-electron chi connectivity index (χ0n) is 14.2. The normalized spacial score (nSPS) is 20.9. The second-order valence-electron chi connectivity index (χ2n) is 6.87. The number of nitrogens with one attached hydrogen (secondary N) is 1. The number of rotatable bonds is 6. The highest BCUT2D eigenvalue weighted by Gasteiger charge is 2.24. The smallest absolute Gasteiger partial charge is 0.220 e. The lowest BCUT2D eigenvalue weighted by Crippen LogP contribution is -2.44. The minimum absolute atomic E-state index is 0.0713. The Morgan fingerprint density at radius 1 is 1.21 bits per heavy atom. The molecule has 0 bridgehead atoms. The van der Waals surface area contributed by atoms with Crippen LogP contribution in [0.5, 0.6) is 0 Å². The lowest BCUT2D eigenvalue weighted by Gasteiger charge is -2.35. The molecule has 2 aliphatic rings. The van der Waals surface area contributed by atoms with Gasteiger partial charge in [-0.1, -0.05) is 25.0 Å². The van der Waals surface area contributed by atoms with Crippen molar-refractivity contribution >= 4 is 5.91 Å². The zero-order chi connectivity index (χ0) is 16.8. The molecule has 24 heavy (non-hydrogen) atoms. The van der Waals surface area contributed by atoms with E-state index in [9.17, 15) is 9.18 Å². The summed E-state index contributed by atoms with van der Waals surface area (Å²) in [5.41, 5.74) is 1.04. The van der Waals surface area contributed by atoms with E-state index in [0.717, 1.165) is 18.7 Å². The summed E-state index contributed by atoms with van der Waals surface area (Å²) in [6, 6.07) is 6.69. The van der Waals surface area contributed by atoms with Crippen LogP contribution in [-0.2, 0) is 9.53 Å². The van der Waals surface area contributed by atoms with Gasteiger partial charge in [0.25, 0.3) is 0 Å². The van der Waals surface area contributed by atoms with Crippen LogP contribution in [-0.4, -0.2) is 43.7 Å². The van der Waals surface area contributed by atoms with Crippen molar-refractivity contribution in [1.29, 1.82) is 0 Å². The van der Waals surface area contributed by atoms with Gasteiger partial charge in [-0.05, 0) is 36.5 Å². The third kappa shape index (κ3) is 4.77. The van der Waals surface area contributed by atoms with E-state index in [2.05, 4.69) is 10.2 Å². The van der Waals surface area contributed by atoms with Gasteiger partial charge in [0.15, 0.2) is 0 Å². The molecule has 1 aromatic carbocycles. The molecule has 1 aliphatic heterocycles. The van der Waals surface area contributed by atoms with E-state index in [0.29, 0.717) is 32.1 Å². The Morgan fingerprint density at radius 3 is 2.54 bits per heavy atom. The number of carbonyl (C=O) groups excluding carboxylic acids is 1. The quantitative estimate of drug-likeness (QED) is 0.870. The standard InChI is InChI=1S/C19H27FN2O2/c20-17-7-5-16(6-8-17)18(22-9-11-24-12-10-22)14-21-19(23)13-15-3-1-2-4-15/h5-8,15,18H,1-4,9-14H2,(H,21,23)/t18-/m0/s1. The predicted octanol–water partition coefficient (Wildman–Crippen LogP) is 2.90. The summed E-state index contributed by atoms with van der Waals surface area (Å²) in [4.78, 5) is 14.6. The number of hydrogen-bond donors (Lipinski definition) is 1. The molecule has 1 aromatic rings. The lowest BCUT2D eigenvalue weighted by atomic mass is 10.0. The highest BCUT2D eigenvalue weighted by molar-refractivity contribution is 5.76. The molecule has 1 amide bonds. The van der Waals surface area contributed by atoms with Gasteiger partial charge in [-0.3, -0.25) is 9.69 Å². The van der Waals surface area contributed by atoms with E-state index in [1.54, 1.807) is 0 Å². The van der Waals surface area contributed by atoms with Crippen molar-refractivity contribution < 1.29 is 13.9 Å². The molecule has 5 heteroatoms. The SMILES string of the molecule is O=C(CC1CCCC1)NC[C@@H](c1ccc(F)cc1)N1CCOCC1. The second kappa shape index (κ2) is 8.58. The van der Waals surface area contributed by atoms with Crippen molar-refractivity contribution in [1.82, 2.24) is 10.2 Å². The van der Waals surface area contributed by atoms with Crippen LogP contribution in [0.25, 0.3) is 0 Å². The van der Waals surface area contributed by atoms with Gasteiger partial charge in [0.05, 0.1) is 19.3 Å². The lowest BCUT2D eigenvalue weighted by molar-refractivity contribution is -0.122. The van der Waals surface area contributed by atoms with Gasteiger partial charge in [0, 0.05) is 26.1 Å². The summed E-state index contributed by atoms with van der Waals surface area (Å²) in [6.07, 6.45) is 5.50. The molecule has 3 rings (SSSR count). The Hall–Kier alpha value is -1.46. The number of halogens is 1. The molecular formula is C19H27FN2O2. The first-order chi connectivity index (χ1) is 11.7. The van der Waals surface area contributed by atoms with Crippen molar-refractivity contribution in [3.63, 3.8) is 0 Å². The molecule has 132 valence electrons. The first-order valence-corrected chi connectivity index (χ1v) is 9.06. The molecule has 0 spiro atoms. The van der Waals surface area contributed by atoms with Crippen LogP contribution in [0.3, 0.4) is 0 Å². The Kier molecular flexibility index (Phi) is 6.21. The van der Waals surface area contributed by atoms with Gasteiger partial charge in [0.2, 0.25) is 5.91 Å². The maximum Gasteiger partial charge on any atom is 0.220 e. The molecule has 1 saturated carbocycles. The first-order valence-electron chi connectivity index (χ1n) is 9.06. The summed E-state index contributed by atoms with van der Waals surface area (Å²) < 4.78 is 18.7. The average molecular weight is 334 g/mol. The molecule has 1 saturated heterocycles.